The summed E-state index contributed by atoms with van der Waals surface area (Å²) in [4.78, 5) is 12.3. The van der Waals surface area contributed by atoms with E-state index in [0.29, 0.717) is 5.56 Å². The van der Waals surface area contributed by atoms with Crippen LogP contribution in [-0.4, -0.2) is 13.1 Å². The Balaban J connectivity index is 0.000000575. The lowest BCUT2D eigenvalue weighted by Gasteiger charge is -2.13. The first kappa shape index (κ1) is 23.2. The van der Waals surface area contributed by atoms with Gasteiger partial charge >= 0.3 is 5.97 Å². The molecule has 0 aliphatic heterocycles. The smallest absolute Gasteiger partial charge is 0.338 e. The van der Waals surface area contributed by atoms with Crippen LogP contribution in [0.1, 0.15) is 56.1 Å². The second kappa shape index (κ2) is 11.8. The van der Waals surface area contributed by atoms with E-state index in [0.717, 1.165) is 28.4 Å². The molecule has 0 fully saturated rings. The molecule has 1 atom stereocenters. The molecule has 0 saturated heterocycles. The molecule has 3 rings (SSSR count). The molecule has 3 heteroatoms. The van der Waals surface area contributed by atoms with Crippen molar-refractivity contribution in [2.45, 2.75) is 40.2 Å². The third-order valence-electron chi connectivity index (χ3n) is 4.91. The second-order valence-corrected chi connectivity index (χ2v) is 7.57. The molecule has 0 spiro atoms. The quantitative estimate of drug-likeness (QED) is 0.403. The van der Waals surface area contributed by atoms with Gasteiger partial charge in [-0.15, -0.1) is 0 Å². The zero-order valence-electron chi connectivity index (χ0n) is 18.6. The van der Waals surface area contributed by atoms with Gasteiger partial charge in [0.15, 0.2) is 0 Å². The van der Waals surface area contributed by atoms with Crippen molar-refractivity contribution in [1.82, 2.24) is 0 Å². The van der Waals surface area contributed by atoms with Gasteiger partial charge in [-0.1, -0.05) is 81.8 Å². The number of hydrogen-bond donors (Lipinski definition) is 0. The monoisotopic (exact) mass is 404 g/mol. The zero-order chi connectivity index (χ0) is 21.9. The average Bonchev–Trinajstić information content (AvgIpc) is 2.80. The van der Waals surface area contributed by atoms with Gasteiger partial charge < -0.3 is 9.47 Å². The predicted molar refractivity (Wildman–Crippen MR) is 124 cm³/mol. The summed E-state index contributed by atoms with van der Waals surface area (Å²) in [5.41, 5.74) is 3.62. The predicted octanol–water partition coefficient (Wildman–Crippen LogP) is 7.33. The Morgan fingerprint density at radius 1 is 0.800 bits per heavy atom. The molecule has 30 heavy (non-hydrogen) atoms. The first-order chi connectivity index (χ1) is 14.4. The van der Waals surface area contributed by atoms with Crippen molar-refractivity contribution in [3.05, 3.63) is 90.0 Å². The summed E-state index contributed by atoms with van der Waals surface area (Å²) in [5.74, 6) is 1.38. The maximum absolute atomic E-state index is 12.3. The molecule has 0 heterocycles. The van der Waals surface area contributed by atoms with Crippen LogP contribution < -0.4 is 4.74 Å². The third-order valence-corrected chi connectivity index (χ3v) is 4.91. The largest absolute Gasteiger partial charge is 0.497 e. The van der Waals surface area contributed by atoms with Crippen molar-refractivity contribution >= 4 is 5.97 Å². The SMILES string of the molecule is CCC(C)C.COc1ccc(-c2ccc(C(=O)OC(C)c3ccccc3)cc2)cc1. The number of benzene rings is 3. The Morgan fingerprint density at radius 3 is 1.77 bits per heavy atom. The van der Waals surface area contributed by atoms with Gasteiger partial charge in [-0.05, 0) is 53.8 Å². The highest BCUT2D eigenvalue weighted by atomic mass is 16.5. The van der Waals surface area contributed by atoms with Crippen LogP contribution in [0.4, 0.5) is 0 Å². The minimum absolute atomic E-state index is 0.282. The van der Waals surface area contributed by atoms with Gasteiger partial charge in [0.25, 0.3) is 0 Å². The molecule has 0 bridgehead atoms. The molecule has 0 amide bonds. The Labute approximate surface area is 180 Å². The van der Waals surface area contributed by atoms with Gasteiger partial charge in [-0.25, -0.2) is 4.79 Å². The summed E-state index contributed by atoms with van der Waals surface area (Å²) in [7, 11) is 1.64. The van der Waals surface area contributed by atoms with Gasteiger partial charge in [-0.2, -0.15) is 0 Å². The molecule has 0 N–H and O–H groups in total. The summed E-state index contributed by atoms with van der Waals surface area (Å²) in [6, 6.07) is 24.9. The summed E-state index contributed by atoms with van der Waals surface area (Å²) in [6.45, 7) is 8.52. The van der Waals surface area contributed by atoms with Crippen molar-refractivity contribution in [3.8, 4) is 16.9 Å². The summed E-state index contributed by atoms with van der Waals surface area (Å²) in [5, 5.41) is 0. The van der Waals surface area contributed by atoms with E-state index in [1.165, 1.54) is 6.42 Å². The van der Waals surface area contributed by atoms with Crippen LogP contribution in [0.25, 0.3) is 11.1 Å². The molecule has 3 aromatic carbocycles. The molecular formula is C27H32O3. The Hall–Kier alpha value is -3.07. The third kappa shape index (κ3) is 7.07. The van der Waals surface area contributed by atoms with Crippen LogP contribution in [0.5, 0.6) is 5.75 Å². The van der Waals surface area contributed by atoms with E-state index in [1.54, 1.807) is 19.2 Å². The first-order valence-electron chi connectivity index (χ1n) is 10.4. The van der Waals surface area contributed by atoms with Crippen molar-refractivity contribution in [2.75, 3.05) is 7.11 Å². The average molecular weight is 405 g/mol. The molecule has 3 aromatic rings. The van der Waals surface area contributed by atoms with Crippen molar-refractivity contribution in [2.24, 2.45) is 5.92 Å². The Morgan fingerprint density at radius 2 is 1.30 bits per heavy atom. The number of esters is 1. The first-order valence-corrected chi connectivity index (χ1v) is 10.4. The molecule has 3 nitrogen and oxygen atoms in total. The number of carbonyl (C=O) groups excluding carboxylic acids is 1. The fourth-order valence-corrected chi connectivity index (χ4v) is 2.60. The van der Waals surface area contributed by atoms with E-state index in [1.807, 2.05) is 73.7 Å². The number of hydrogen-bond acceptors (Lipinski definition) is 3. The van der Waals surface area contributed by atoms with Gasteiger partial charge in [0, 0.05) is 0 Å². The Kier molecular flexibility index (Phi) is 9.14. The molecular weight excluding hydrogens is 372 g/mol. The lowest BCUT2D eigenvalue weighted by Crippen LogP contribution is -2.09. The number of methoxy groups -OCH3 is 1. The zero-order valence-corrected chi connectivity index (χ0v) is 18.6. The molecule has 158 valence electrons. The number of carbonyl (C=O) groups is 1. The fraction of sp³-hybridized carbons (Fsp3) is 0.296. The molecule has 0 aliphatic rings. The van der Waals surface area contributed by atoms with Crippen LogP contribution in [0, 0.1) is 5.92 Å². The minimum Gasteiger partial charge on any atom is -0.497 e. The Bertz CT molecular complexity index is 882. The van der Waals surface area contributed by atoms with E-state index in [-0.39, 0.29) is 12.1 Å². The van der Waals surface area contributed by atoms with Crippen LogP contribution in [0.15, 0.2) is 78.9 Å². The van der Waals surface area contributed by atoms with Gasteiger partial charge in [-0.3, -0.25) is 0 Å². The topological polar surface area (TPSA) is 35.5 Å². The highest BCUT2D eigenvalue weighted by Gasteiger charge is 2.13. The fourth-order valence-electron chi connectivity index (χ4n) is 2.60. The van der Waals surface area contributed by atoms with Crippen molar-refractivity contribution in [3.63, 3.8) is 0 Å². The van der Waals surface area contributed by atoms with Gasteiger partial charge in [0.1, 0.15) is 11.9 Å². The molecule has 0 aliphatic carbocycles. The molecule has 0 aromatic heterocycles. The number of rotatable bonds is 6. The van der Waals surface area contributed by atoms with Crippen LogP contribution >= 0.6 is 0 Å². The maximum Gasteiger partial charge on any atom is 0.338 e. The van der Waals surface area contributed by atoms with E-state index >= 15 is 0 Å². The lowest BCUT2D eigenvalue weighted by molar-refractivity contribution is 0.0338. The number of ether oxygens (including phenoxy) is 2. The normalized spacial score (nSPS) is 11.3. The lowest BCUT2D eigenvalue weighted by atomic mass is 10.0. The van der Waals surface area contributed by atoms with Crippen molar-refractivity contribution in [1.29, 1.82) is 0 Å². The van der Waals surface area contributed by atoms with E-state index in [4.69, 9.17) is 9.47 Å². The summed E-state index contributed by atoms with van der Waals surface area (Å²) in [6.07, 6.45) is 1.02. The van der Waals surface area contributed by atoms with Crippen LogP contribution in [-0.2, 0) is 4.74 Å². The highest BCUT2D eigenvalue weighted by molar-refractivity contribution is 5.90. The van der Waals surface area contributed by atoms with Gasteiger partial charge in [0.05, 0.1) is 12.7 Å². The molecule has 1 unspecified atom stereocenters. The van der Waals surface area contributed by atoms with E-state index in [9.17, 15) is 4.79 Å². The summed E-state index contributed by atoms with van der Waals surface area (Å²) < 4.78 is 10.7. The maximum atomic E-state index is 12.3. The summed E-state index contributed by atoms with van der Waals surface area (Å²) >= 11 is 0. The van der Waals surface area contributed by atoms with Crippen LogP contribution in [0.3, 0.4) is 0 Å². The van der Waals surface area contributed by atoms with E-state index < -0.39 is 0 Å². The second-order valence-electron chi connectivity index (χ2n) is 7.57. The standard InChI is InChI=1S/C22H20O3.C5H12/c1-16(17-6-4-3-5-7-17)25-22(23)20-10-8-18(9-11-20)19-12-14-21(24-2)15-13-19;1-4-5(2)3/h3-16H,1-2H3;5H,4H2,1-3H3. The van der Waals surface area contributed by atoms with E-state index in [2.05, 4.69) is 20.8 Å². The molecule has 0 radical (unpaired) electrons. The van der Waals surface area contributed by atoms with Gasteiger partial charge in [0.2, 0.25) is 0 Å². The highest BCUT2D eigenvalue weighted by Crippen LogP contribution is 2.24. The van der Waals surface area contributed by atoms with Crippen molar-refractivity contribution < 1.29 is 14.3 Å². The molecule has 0 saturated carbocycles. The minimum atomic E-state index is -0.322. The van der Waals surface area contributed by atoms with Crippen LogP contribution in [0.2, 0.25) is 0 Å².